The smallest absolute Gasteiger partial charge is 0.397 e. The minimum atomic E-state index is -5.55. The number of hydrogen-bond donors (Lipinski definition) is 5. The minimum Gasteiger partial charge on any atom is -0.481 e. The Hall–Kier alpha value is -2.76. The Labute approximate surface area is 318 Å². The van der Waals surface area contributed by atoms with E-state index in [2.05, 4.69) is 6.58 Å². The Morgan fingerprint density at radius 2 is 1.58 bits per heavy atom. The average Bonchev–Trinajstić information content (AvgIpc) is 3.22. The Morgan fingerprint density at radius 1 is 0.927 bits per heavy atom. The number of rotatable bonds is 15. The maximum absolute atomic E-state index is 13.1. The molecule has 1 heterocycles. The minimum absolute atomic E-state index is 0.0939. The van der Waals surface area contributed by atoms with Crippen LogP contribution in [0.15, 0.2) is 12.2 Å². The molecule has 0 aromatic heterocycles. The summed E-state index contributed by atoms with van der Waals surface area (Å²) in [6.07, 6.45) is -10.5. The zero-order valence-electron chi connectivity index (χ0n) is 30.7. The van der Waals surface area contributed by atoms with E-state index in [1.54, 1.807) is 13.8 Å². The highest BCUT2D eigenvalue weighted by molar-refractivity contribution is 7.81. The van der Waals surface area contributed by atoms with E-state index in [-0.39, 0.29) is 42.9 Å². The van der Waals surface area contributed by atoms with Gasteiger partial charge in [-0.2, -0.15) is 16.8 Å². The molecule has 4 saturated carbocycles. The molecule has 55 heavy (non-hydrogen) atoms. The quantitative estimate of drug-likeness (QED) is 0.0683. The first-order valence-electron chi connectivity index (χ1n) is 18.2. The van der Waals surface area contributed by atoms with Gasteiger partial charge >= 0.3 is 44.7 Å². The van der Waals surface area contributed by atoms with Gasteiger partial charge in [0.15, 0.2) is 18.5 Å². The molecule has 1 aliphatic heterocycles. The summed E-state index contributed by atoms with van der Waals surface area (Å²) in [5, 5.41) is 31.0. The molecule has 1 saturated heterocycles. The van der Waals surface area contributed by atoms with Crippen LogP contribution in [0.3, 0.4) is 0 Å². The summed E-state index contributed by atoms with van der Waals surface area (Å²) in [7, 11) is -11.1. The number of carboxylic acid groups (broad SMARTS) is 2. The van der Waals surface area contributed by atoms with E-state index in [1.165, 1.54) is 0 Å². The van der Waals surface area contributed by atoms with Crippen LogP contribution in [0.1, 0.15) is 85.0 Å². The molecular formula is C34H50O19S2. The Kier molecular flexibility index (Phi) is 12.8. The van der Waals surface area contributed by atoms with E-state index >= 15 is 0 Å². The van der Waals surface area contributed by atoms with Gasteiger partial charge in [0.25, 0.3) is 0 Å². The number of carbonyl (C=O) groups is 4. The van der Waals surface area contributed by atoms with Crippen molar-refractivity contribution in [3.8, 4) is 0 Å². The van der Waals surface area contributed by atoms with E-state index in [0.29, 0.717) is 25.7 Å². The highest BCUT2D eigenvalue weighted by Gasteiger charge is 2.67. The number of fused-ring (bicyclic) bond motifs is 3. The molecule has 5 rings (SSSR count). The standard InChI is InChI=1S/C34H50O19S2/c1-16(2)11-26(38)51-29-28(53-55(45,46)47)27(52-54(42,43)44)22(15-48-25(37)8-7-24(35)36)50-32(29)49-19-12-20(31(40)41)21-9-10-34-13-18(17(3)30(34)39)5-6-23(34)33(21,4)14-19/h16,18-23,27-30,32,39H,3,5-15H2,1-2,4H3,(H,35,36)(H,40,41)(H,42,43,44)(H,45,46,47)/t18?,19?,20?,21?,22-,23?,27-,28-,29?,30+,32+,33?,34?/m1/s1. The summed E-state index contributed by atoms with van der Waals surface area (Å²) in [5.41, 5.74) is -0.498. The van der Waals surface area contributed by atoms with Gasteiger partial charge in [0, 0.05) is 11.8 Å². The molecule has 8 unspecified atom stereocenters. The topological polar surface area (TPSA) is 293 Å². The van der Waals surface area contributed by atoms with E-state index in [4.69, 9.17) is 32.4 Å². The van der Waals surface area contributed by atoms with Crippen molar-refractivity contribution in [2.24, 2.45) is 40.4 Å². The Bertz CT molecular complexity index is 1730. The number of aliphatic hydroxyl groups is 1. The van der Waals surface area contributed by atoms with Gasteiger partial charge in [-0.1, -0.05) is 27.4 Å². The lowest BCUT2D eigenvalue weighted by Gasteiger charge is -2.62. The van der Waals surface area contributed by atoms with Crippen molar-refractivity contribution in [3.05, 3.63) is 12.2 Å². The molecular weight excluding hydrogens is 776 g/mol. The van der Waals surface area contributed by atoms with Crippen molar-refractivity contribution in [1.82, 2.24) is 0 Å². The van der Waals surface area contributed by atoms with Crippen LogP contribution in [0.4, 0.5) is 0 Å². The van der Waals surface area contributed by atoms with Gasteiger partial charge in [-0.3, -0.25) is 28.3 Å². The first kappa shape index (κ1) is 43.4. The second-order valence-corrected chi connectivity index (χ2v) is 18.3. The normalized spacial score (nSPS) is 38.8. The predicted molar refractivity (Wildman–Crippen MR) is 183 cm³/mol. The van der Waals surface area contributed by atoms with Crippen molar-refractivity contribution >= 4 is 44.7 Å². The molecule has 5 aliphatic rings. The Morgan fingerprint density at radius 3 is 2.18 bits per heavy atom. The number of esters is 2. The third-order valence-corrected chi connectivity index (χ3v) is 13.2. The van der Waals surface area contributed by atoms with Gasteiger partial charge in [-0.15, -0.1) is 0 Å². The zero-order valence-corrected chi connectivity index (χ0v) is 32.3. The van der Waals surface area contributed by atoms with E-state index in [1.807, 2.05) is 6.92 Å². The van der Waals surface area contributed by atoms with Gasteiger partial charge in [0.05, 0.1) is 31.0 Å². The highest BCUT2D eigenvalue weighted by atomic mass is 32.3. The lowest BCUT2D eigenvalue weighted by atomic mass is 9.43. The number of carbonyl (C=O) groups excluding carboxylic acids is 2. The third-order valence-electron chi connectivity index (χ3n) is 12.3. The van der Waals surface area contributed by atoms with E-state index in [9.17, 15) is 55.3 Å². The van der Waals surface area contributed by atoms with Gasteiger partial charge in [0.2, 0.25) is 0 Å². The second kappa shape index (κ2) is 16.2. The van der Waals surface area contributed by atoms with Crippen molar-refractivity contribution in [3.63, 3.8) is 0 Å². The molecule has 4 aliphatic carbocycles. The predicted octanol–water partition coefficient (Wildman–Crippen LogP) is 2.08. The molecule has 0 radical (unpaired) electrons. The van der Waals surface area contributed by atoms with Crippen molar-refractivity contribution in [1.29, 1.82) is 0 Å². The fourth-order valence-corrected chi connectivity index (χ4v) is 11.3. The molecule has 1 spiro atoms. The molecule has 19 nitrogen and oxygen atoms in total. The van der Waals surface area contributed by atoms with Gasteiger partial charge in [0.1, 0.15) is 18.8 Å². The molecule has 13 atom stereocenters. The summed E-state index contributed by atoms with van der Waals surface area (Å²) < 4.78 is 101. The lowest BCUT2D eigenvalue weighted by molar-refractivity contribution is -0.316. The monoisotopic (exact) mass is 826 g/mol. The SMILES string of the molecule is C=C1C2CCC3C4(C)CC(O[C@H]5O[C@H](COC(=O)CCC(=O)O)[C@@H](OS(=O)(=O)O)[C@@H](OS(=O)(=O)O)C5OC(=O)CC(C)C)CC(C(=O)O)C4CCC3(C2)[C@H]1O. The fraction of sp³-hybridized carbons (Fsp3) is 0.824. The molecule has 21 heteroatoms. The molecule has 5 N–H and O–H groups in total. The maximum atomic E-state index is 13.1. The lowest BCUT2D eigenvalue weighted by Crippen LogP contribution is -2.64. The van der Waals surface area contributed by atoms with Crippen molar-refractivity contribution in [2.45, 2.75) is 128 Å². The van der Waals surface area contributed by atoms with Crippen LogP contribution in [0, 0.1) is 40.4 Å². The summed E-state index contributed by atoms with van der Waals surface area (Å²) in [5.74, 6) is -6.15. The van der Waals surface area contributed by atoms with E-state index < -0.39 is 124 Å². The van der Waals surface area contributed by atoms with Crippen molar-refractivity contribution in [2.75, 3.05) is 6.61 Å². The van der Waals surface area contributed by atoms with Gasteiger partial charge < -0.3 is 34.3 Å². The summed E-state index contributed by atoms with van der Waals surface area (Å²) >= 11 is 0. The number of carboxylic acids is 2. The molecule has 0 aromatic carbocycles. The van der Waals surface area contributed by atoms with Gasteiger partial charge in [-0.25, -0.2) is 8.37 Å². The van der Waals surface area contributed by atoms with Crippen LogP contribution >= 0.6 is 0 Å². The Balaban J connectivity index is 1.53. The summed E-state index contributed by atoms with van der Waals surface area (Å²) in [4.78, 5) is 49.4. The second-order valence-electron chi connectivity index (χ2n) is 16.2. The van der Waals surface area contributed by atoms with E-state index in [0.717, 1.165) is 12.0 Å². The molecule has 0 amide bonds. The highest BCUT2D eigenvalue weighted by Crippen LogP contribution is 2.70. The number of ether oxygens (including phenoxy) is 4. The number of hydrogen-bond acceptors (Lipinski definition) is 15. The summed E-state index contributed by atoms with van der Waals surface area (Å²) in [6.45, 7) is 8.46. The average molecular weight is 827 g/mol. The fourth-order valence-electron chi connectivity index (χ4n) is 10.3. The largest absolute Gasteiger partial charge is 0.481 e. The molecule has 312 valence electrons. The number of aliphatic carboxylic acids is 2. The summed E-state index contributed by atoms with van der Waals surface area (Å²) in [6, 6.07) is 0. The van der Waals surface area contributed by atoms with Crippen LogP contribution in [0.25, 0.3) is 0 Å². The first-order chi connectivity index (χ1) is 25.4. The van der Waals surface area contributed by atoms with Crippen LogP contribution in [0.2, 0.25) is 0 Å². The number of aliphatic hydroxyl groups excluding tert-OH is 1. The van der Waals surface area contributed by atoms with Crippen molar-refractivity contribution < 1.29 is 87.8 Å². The van der Waals surface area contributed by atoms with Gasteiger partial charge in [-0.05, 0) is 79.6 Å². The third kappa shape index (κ3) is 9.52. The van der Waals surface area contributed by atoms with Crippen LogP contribution in [-0.2, 0) is 67.3 Å². The molecule has 2 bridgehead atoms. The van der Waals surface area contributed by atoms with Crippen LogP contribution in [-0.4, -0.2) is 115 Å². The first-order valence-corrected chi connectivity index (χ1v) is 21.0. The maximum Gasteiger partial charge on any atom is 0.397 e. The van der Waals surface area contributed by atoms with Crippen LogP contribution < -0.4 is 0 Å². The zero-order chi connectivity index (χ0) is 40.8. The van der Waals surface area contributed by atoms with Crippen LogP contribution in [0.5, 0.6) is 0 Å². The molecule has 0 aromatic rings. The molecule has 5 fully saturated rings.